The second-order valence-corrected chi connectivity index (χ2v) is 6.92. The van der Waals surface area contributed by atoms with Gasteiger partial charge in [0.1, 0.15) is 5.69 Å². The Bertz CT molecular complexity index is 1040. The lowest BCUT2D eigenvalue weighted by molar-refractivity contribution is -0.384. The molecule has 0 atom stereocenters. The molecule has 1 aliphatic heterocycles. The van der Waals surface area contributed by atoms with Crippen molar-refractivity contribution in [3.8, 4) is 5.69 Å². The first kappa shape index (κ1) is 18.7. The van der Waals surface area contributed by atoms with Crippen LogP contribution in [0.15, 0.2) is 60.8 Å². The summed E-state index contributed by atoms with van der Waals surface area (Å²) in [6.45, 7) is 3.98. The van der Waals surface area contributed by atoms with Gasteiger partial charge in [0.2, 0.25) is 0 Å². The molecule has 0 bridgehead atoms. The van der Waals surface area contributed by atoms with E-state index in [9.17, 15) is 14.9 Å². The lowest BCUT2D eigenvalue weighted by Gasteiger charge is -2.35. The maximum Gasteiger partial charge on any atom is 0.292 e. The van der Waals surface area contributed by atoms with E-state index in [4.69, 9.17) is 0 Å². The number of amides is 1. The molecular weight excluding hydrogens is 370 g/mol. The van der Waals surface area contributed by atoms with Crippen molar-refractivity contribution in [2.45, 2.75) is 6.92 Å². The first-order chi connectivity index (χ1) is 14.1. The minimum Gasteiger partial charge on any atom is -0.362 e. The fourth-order valence-electron chi connectivity index (χ4n) is 3.66. The van der Waals surface area contributed by atoms with Gasteiger partial charge in [-0.25, -0.2) is 4.68 Å². The number of rotatable bonds is 4. The molecular formula is C21H21N5O3. The van der Waals surface area contributed by atoms with Gasteiger partial charge in [-0.15, -0.1) is 0 Å². The molecule has 0 radical (unpaired) electrons. The Morgan fingerprint density at radius 1 is 1.00 bits per heavy atom. The Balaban J connectivity index is 1.48. The monoisotopic (exact) mass is 391 g/mol. The molecule has 4 rings (SSSR count). The molecule has 0 spiro atoms. The summed E-state index contributed by atoms with van der Waals surface area (Å²) in [5.41, 5.74) is 2.96. The number of carbonyl (C=O) groups excluding carboxylic acids is 1. The molecule has 2 heterocycles. The summed E-state index contributed by atoms with van der Waals surface area (Å²) >= 11 is 0. The highest BCUT2D eigenvalue weighted by molar-refractivity contribution is 5.95. The highest BCUT2D eigenvalue weighted by atomic mass is 16.6. The average Bonchev–Trinajstić information content (AvgIpc) is 3.15. The maximum absolute atomic E-state index is 13.0. The molecule has 3 aromatic rings. The molecule has 1 amide bonds. The Kier molecular flexibility index (Phi) is 4.99. The van der Waals surface area contributed by atoms with Gasteiger partial charge in [0.25, 0.3) is 11.6 Å². The lowest BCUT2D eigenvalue weighted by atomic mass is 10.2. The number of nitro groups is 1. The van der Waals surface area contributed by atoms with Crippen LogP contribution in [0.5, 0.6) is 0 Å². The highest BCUT2D eigenvalue weighted by Crippen LogP contribution is 2.28. The average molecular weight is 391 g/mol. The van der Waals surface area contributed by atoms with Crippen molar-refractivity contribution in [2.75, 3.05) is 31.1 Å². The van der Waals surface area contributed by atoms with E-state index in [0.717, 1.165) is 11.4 Å². The highest BCUT2D eigenvalue weighted by Gasteiger charge is 2.27. The molecule has 8 heteroatoms. The minimum absolute atomic E-state index is 0.0631. The summed E-state index contributed by atoms with van der Waals surface area (Å²) < 4.78 is 1.76. The molecule has 29 heavy (non-hydrogen) atoms. The van der Waals surface area contributed by atoms with Crippen molar-refractivity contribution in [3.05, 3.63) is 82.2 Å². The predicted molar refractivity (Wildman–Crippen MR) is 110 cm³/mol. The Morgan fingerprint density at radius 2 is 1.66 bits per heavy atom. The number of nitrogens with zero attached hydrogens (tertiary/aromatic N) is 5. The molecule has 1 fully saturated rings. The van der Waals surface area contributed by atoms with Gasteiger partial charge >= 0.3 is 0 Å². The molecule has 1 saturated heterocycles. The van der Waals surface area contributed by atoms with Crippen LogP contribution in [0.2, 0.25) is 0 Å². The number of anilines is 1. The van der Waals surface area contributed by atoms with Gasteiger partial charge < -0.3 is 9.80 Å². The third-order valence-corrected chi connectivity index (χ3v) is 5.23. The van der Waals surface area contributed by atoms with Crippen LogP contribution in [0.3, 0.4) is 0 Å². The van der Waals surface area contributed by atoms with E-state index in [1.54, 1.807) is 34.0 Å². The van der Waals surface area contributed by atoms with Crippen LogP contribution in [-0.4, -0.2) is 51.7 Å². The minimum atomic E-state index is -0.367. The number of aromatic nitrogens is 2. The van der Waals surface area contributed by atoms with E-state index in [1.807, 2.05) is 42.2 Å². The summed E-state index contributed by atoms with van der Waals surface area (Å²) in [5, 5.41) is 15.7. The topological polar surface area (TPSA) is 84.5 Å². The lowest BCUT2D eigenvalue weighted by Crippen LogP contribution is -2.49. The van der Waals surface area contributed by atoms with Gasteiger partial charge in [-0.2, -0.15) is 5.10 Å². The molecule has 1 aromatic heterocycles. The number of hydrogen-bond donors (Lipinski definition) is 0. The van der Waals surface area contributed by atoms with E-state index in [1.165, 1.54) is 6.07 Å². The Hall–Kier alpha value is -3.68. The maximum atomic E-state index is 13.0. The molecule has 148 valence electrons. The van der Waals surface area contributed by atoms with Crippen LogP contribution >= 0.6 is 0 Å². The van der Waals surface area contributed by atoms with Crippen LogP contribution < -0.4 is 4.90 Å². The van der Waals surface area contributed by atoms with Crippen LogP contribution in [-0.2, 0) is 0 Å². The zero-order chi connectivity index (χ0) is 20.4. The fraction of sp³-hybridized carbons (Fsp3) is 0.238. The van der Waals surface area contributed by atoms with Gasteiger partial charge in [-0.1, -0.05) is 30.3 Å². The van der Waals surface area contributed by atoms with E-state index in [-0.39, 0.29) is 16.5 Å². The Morgan fingerprint density at radius 3 is 2.34 bits per heavy atom. The van der Waals surface area contributed by atoms with E-state index >= 15 is 0 Å². The summed E-state index contributed by atoms with van der Waals surface area (Å²) in [5.74, 6) is -0.0631. The SMILES string of the molecule is Cc1c(C(=O)N2CCN(c3ccccc3[N+](=O)[O-])CC2)cnn1-c1ccccc1. The number of nitro benzene ring substituents is 1. The third kappa shape index (κ3) is 3.56. The zero-order valence-corrected chi connectivity index (χ0v) is 16.1. The summed E-state index contributed by atoms with van der Waals surface area (Å²) in [7, 11) is 0. The molecule has 8 nitrogen and oxygen atoms in total. The molecule has 0 aliphatic carbocycles. The van der Waals surface area contributed by atoms with Gasteiger partial charge in [-0.05, 0) is 25.1 Å². The summed E-state index contributed by atoms with van der Waals surface area (Å²) in [6, 6.07) is 16.4. The normalized spacial score (nSPS) is 14.1. The van der Waals surface area contributed by atoms with Gasteiger partial charge in [0.15, 0.2) is 0 Å². The number of piperazine rings is 1. The Labute approximate surface area is 168 Å². The van der Waals surface area contributed by atoms with Crippen molar-refractivity contribution < 1.29 is 9.72 Å². The summed E-state index contributed by atoms with van der Waals surface area (Å²) in [6.07, 6.45) is 1.61. The standard InChI is InChI=1S/C21H21N5O3/c1-16-18(15-22-25(16)17-7-3-2-4-8-17)21(27)24-13-11-23(12-14-24)19-9-5-6-10-20(19)26(28)29/h2-10,15H,11-14H2,1H3. The number of benzene rings is 2. The van der Waals surface area contributed by atoms with Crippen LogP contribution in [0.25, 0.3) is 5.69 Å². The fourth-order valence-corrected chi connectivity index (χ4v) is 3.66. The third-order valence-electron chi connectivity index (χ3n) is 5.23. The zero-order valence-electron chi connectivity index (χ0n) is 16.1. The second kappa shape index (κ2) is 7.75. The van der Waals surface area contributed by atoms with Crippen molar-refractivity contribution >= 4 is 17.3 Å². The van der Waals surface area contributed by atoms with E-state index in [0.29, 0.717) is 37.4 Å². The molecule has 0 unspecified atom stereocenters. The predicted octanol–water partition coefficient (Wildman–Crippen LogP) is 3.05. The largest absolute Gasteiger partial charge is 0.362 e. The number of para-hydroxylation sites is 3. The van der Waals surface area contributed by atoms with E-state index in [2.05, 4.69) is 5.10 Å². The smallest absolute Gasteiger partial charge is 0.292 e. The van der Waals surface area contributed by atoms with Crippen molar-refractivity contribution in [1.82, 2.24) is 14.7 Å². The van der Waals surface area contributed by atoms with Crippen molar-refractivity contribution in [2.24, 2.45) is 0 Å². The van der Waals surface area contributed by atoms with Gasteiger partial charge in [0, 0.05) is 32.2 Å². The first-order valence-corrected chi connectivity index (χ1v) is 9.44. The quantitative estimate of drug-likeness (QED) is 0.504. The van der Waals surface area contributed by atoms with Crippen LogP contribution in [0, 0.1) is 17.0 Å². The molecule has 0 saturated carbocycles. The summed E-state index contributed by atoms with van der Waals surface area (Å²) in [4.78, 5) is 27.7. The second-order valence-electron chi connectivity index (χ2n) is 6.92. The van der Waals surface area contributed by atoms with Crippen LogP contribution in [0.1, 0.15) is 16.1 Å². The molecule has 2 aromatic carbocycles. The first-order valence-electron chi connectivity index (χ1n) is 9.44. The van der Waals surface area contributed by atoms with Crippen molar-refractivity contribution in [3.63, 3.8) is 0 Å². The van der Waals surface area contributed by atoms with Gasteiger partial charge in [-0.3, -0.25) is 14.9 Å². The van der Waals surface area contributed by atoms with Gasteiger partial charge in [0.05, 0.1) is 28.1 Å². The molecule has 0 N–H and O–H groups in total. The van der Waals surface area contributed by atoms with Crippen molar-refractivity contribution in [1.29, 1.82) is 0 Å². The number of hydrogen-bond acceptors (Lipinski definition) is 5. The number of carbonyl (C=O) groups is 1. The molecule has 1 aliphatic rings. The van der Waals surface area contributed by atoms with E-state index < -0.39 is 0 Å². The van der Waals surface area contributed by atoms with Crippen LogP contribution in [0.4, 0.5) is 11.4 Å².